The lowest BCUT2D eigenvalue weighted by atomic mass is 10.2. The lowest BCUT2D eigenvalue weighted by Crippen LogP contribution is -2.45. The number of carbonyl (C=O) groups excluding carboxylic acids is 2. The number of halogens is 1. The number of nitrogens with one attached hydrogen (secondary N) is 2. The number of hydrogen-bond acceptors (Lipinski definition) is 7. The largest absolute Gasteiger partial charge is 0.368 e. The normalized spacial score (nSPS) is 15.8. The first-order valence-electron chi connectivity index (χ1n) is 10.2. The third-order valence-corrected chi connectivity index (χ3v) is 8.06. The zero-order valence-corrected chi connectivity index (χ0v) is 20.4. The predicted octanol–water partition coefficient (Wildman–Crippen LogP) is 3.45. The van der Waals surface area contributed by atoms with Crippen molar-refractivity contribution in [2.24, 2.45) is 5.73 Å². The summed E-state index contributed by atoms with van der Waals surface area (Å²) in [5.41, 5.74) is 6.68. The number of carbonyl (C=O) groups is 2. The van der Waals surface area contributed by atoms with Crippen LogP contribution >= 0.6 is 22.9 Å². The zero-order valence-electron chi connectivity index (χ0n) is 18.0. The third-order valence-electron chi connectivity index (χ3n) is 5.25. The number of amides is 3. The van der Waals surface area contributed by atoms with Gasteiger partial charge in [0.1, 0.15) is 6.04 Å². The van der Waals surface area contributed by atoms with Gasteiger partial charge in [-0.05, 0) is 38.0 Å². The maximum atomic E-state index is 12.7. The lowest BCUT2D eigenvalue weighted by Gasteiger charge is -2.21. The van der Waals surface area contributed by atoms with Crippen molar-refractivity contribution in [2.75, 3.05) is 16.6 Å². The van der Waals surface area contributed by atoms with Crippen molar-refractivity contribution < 1.29 is 18.0 Å². The van der Waals surface area contributed by atoms with Gasteiger partial charge in [0, 0.05) is 18.3 Å². The number of rotatable bonds is 6. The lowest BCUT2D eigenvalue weighted by molar-refractivity contribution is -0.121. The van der Waals surface area contributed by atoms with E-state index in [9.17, 15) is 18.0 Å². The second-order valence-corrected chi connectivity index (χ2v) is 10.6. The molecule has 34 heavy (non-hydrogen) atoms. The van der Waals surface area contributed by atoms with E-state index in [2.05, 4.69) is 20.0 Å². The third kappa shape index (κ3) is 4.98. The number of pyridine rings is 1. The van der Waals surface area contributed by atoms with Crippen molar-refractivity contribution >= 4 is 55.7 Å². The van der Waals surface area contributed by atoms with E-state index in [1.165, 1.54) is 34.6 Å². The monoisotopic (exact) mass is 520 g/mol. The number of aryl methyl sites for hydroxylation is 1. The van der Waals surface area contributed by atoms with E-state index >= 15 is 0 Å². The molecule has 2 aromatic heterocycles. The maximum Gasteiger partial charge on any atom is 0.324 e. The summed E-state index contributed by atoms with van der Waals surface area (Å²) in [5, 5.41) is 3.03. The summed E-state index contributed by atoms with van der Waals surface area (Å²) >= 11 is 7.34. The number of anilines is 2. The van der Waals surface area contributed by atoms with Gasteiger partial charge in [0.05, 0.1) is 21.2 Å². The molecule has 0 spiro atoms. The SMILES string of the molecule is Cc1nc(NC(=O)N2CCCC2C(N)=O)sc1-c1cnc(Cl)c(NS(=O)(=O)c2ccccc2)c1. The van der Waals surface area contributed by atoms with Crippen LogP contribution in [0.15, 0.2) is 47.5 Å². The molecule has 0 bridgehead atoms. The number of urea groups is 1. The number of thiazole rings is 1. The molecule has 3 heterocycles. The molecule has 3 aromatic rings. The molecule has 4 rings (SSSR count). The Kier molecular flexibility index (Phi) is 6.73. The highest BCUT2D eigenvalue weighted by Crippen LogP contribution is 2.36. The van der Waals surface area contributed by atoms with Gasteiger partial charge in [0.25, 0.3) is 10.0 Å². The number of sulfonamides is 1. The quantitative estimate of drug-likeness (QED) is 0.424. The molecule has 1 aliphatic heterocycles. The highest BCUT2D eigenvalue weighted by Gasteiger charge is 2.33. The van der Waals surface area contributed by atoms with Gasteiger partial charge in [0.2, 0.25) is 5.91 Å². The van der Waals surface area contributed by atoms with Crippen molar-refractivity contribution in [3.63, 3.8) is 0 Å². The average Bonchev–Trinajstić information content (AvgIpc) is 3.43. The fourth-order valence-electron chi connectivity index (χ4n) is 3.63. The van der Waals surface area contributed by atoms with Crippen LogP contribution in [0.1, 0.15) is 18.5 Å². The van der Waals surface area contributed by atoms with Gasteiger partial charge >= 0.3 is 6.03 Å². The van der Waals surface area contributed by atoms with E-state index in [-0.39, 0.29) is 15.7 Å². The molecule has 4 N–H and O–H groups in total. The first-order chi connectivity index (χ1) is 16.2. The van der Waals surface area contributed by atoms with Crippen molar-refractivity contribution in [3.8, 4) is 10.4 Å². The van der Waals surface area contributed by atoms with Crippen LogP contribution in [-0.2, 0) is 14.8 Å². The molecule has 1 aromatic carbocycles. The van der Waals surface area contributed by atoms with Crippen LogP contribution in [0.5, 0.6) is 0 Å². The van der Waals surface area contributed by atoms with Gasteiger partial charge in [-0.25, -0.2) is 23.2 Å². The van der Waals surface area contributed by atoms with Gasteiger partial charge in [-0.15, -0.1) is 0 Å². The highest BCUT2D eigenvalue weighted by molar-refractivity contribution is 7.92. The molecule has 0 radical (unpaired) electrons. The van der Waals surface area contributed by atoms with E-state index in [4.69, 9.17) is 17.3 Å². The molecule has 178 valence electrons. The van der Waals surface area contributed by atoms with Crippen LogP contribution in [0.3, 0.4) is 0 Å². The summed E-state index contributed by atoms with van der Waals surface area (Å²) in [5.74, 6) is -0.540. The van der Waals surface area contributed by atoms with E-state index in [0.717, 1.165) is 0 Å². The second kappa shape index (κ2) is 9.57. The summed E-state index contributed by atoms with van der Waals surface area (Å²) in [4.78, 5) is 34.9. The molecule has 10 nitrogen and oxygen atoms in total. The van der Waals surface area contributed by atoms with Crippen LogP contribution < -0.4 is 15.8 Å². The van der Waals surface area contributed by atoms with Gasteiger partial charge < -0.3 is 10.6 Å². The Labute approximate surface area is 205 Å². The number of benzene rings is 1. The fraction of sp³-hybridized carbons (Fsp3) is 0.238. The number of hydrogen-bond donors (Lipinski definition) is 3. The zero-order chi connectivity index (χ0) is 24.5. The van der Waals surface area contributed by atoms with Crippen LogP contribution in [0, 0.1) is 6.92 Å². The molecule has 0 saturated carbocycles. The highest BCUT2D eigenvalue weighted by atomic mass is 35.5. The molecule has 1 saturated heterocycles. The van der Waals surface area contributed by atoms with Crippen molar-refractivity contribution in [1.82, 2.24) is 14.9 Å². The molecular weight excluding hydrogens is 500 g/mol. The molecule has 1 unspecified atom stereocenters. The topological polar surface area (TPSA) is 147 Å². The van der Waals surface area contributed by atoms with Crippen LogP contribution in [-0.4, -0.2) is 47.8 Å². The minimum Gasteiger partial charge on any atom is -0.368 e. The smallest absolute Gasteiger partial charge is 0.324 e. The van der Waals surface area contributed by atoms with Gasteiger partial charge in [-0.2, -0.15) is 0 Å². The Hall–Kier alpha value is -3.22. The molecular formula is C21H21ClN6O4S2. The minimum atomic E-state index is -3.86. The summed E-state index contributed by atoms with van der Waals surface area (Å²) in [6, 6.07) is 8.37. The number of likely N-dealkylation sites (tertiary alicyclic amines) is 1. The first-order valence-corrected chi connectivity index (χ1v) is 12.9. The van der Waals surface area contributed by atoms with E-state index in [0.29, 0.717) is 40.7 Å². The van der Waals surface area contributed by atoms with E-state index < -0.39 is 28.0 Å². The number of nitrogens with zero attached hydrogens (tertiary/aromatic N) is 3. The van der Waals surface area contributed by atoms with Crippen molar-refractivity contribution in [1.29, 1.82) is 0 Å². The fourth-order valence-corrected chi connectivity index (χ4v) is 5.86. The molecule has 3 amide bonds. The van der Waals surface area contributed by atoms with Crippen molar-refractivity contribution in [3.05, 3.63) is 53.4 Å². The number of aromatic nitrogens is 2. The Morgan fingerprint density at radius 3 is 2.71 bits per heavy atom. The maximum absolute atomic E-state index is 12.7. The molecule has 1 fully saturated rings. The van der Waals surface area contributed by atoms with E-state index in [1.807, 2.05) is 0 Å². The molecule has 0 aliphatic carbocycles. The molecule has 13 heteroatoms. The Balaban J connectivity index is 1.56. The van der Waals surface area contributed by atoms with Crippen LogP contribution in [0.2, 0.25) is 5.15 Å². The van der Waals surface area contributed by atoms with Gasteiger partial charge in [-0.3, -0.25) is 14.8 Å². The number of nitrogens with two attached hydrogens (primary N) is 1. The van der Waals surface area contributed by atoms with E-state index in [1.54, 1.807) is 31.2 Å². The summed E-state index contributed by atoms with van der Waals surface area (Å²) < 4.78 is 27.9. The summed E-state index contributed by atoms with van der Waals surface area (Å²) in [6.07, 6.45) is 2.72. The summed E-state index contributed by atoms with van der Waals surface area (Å²) in [7, 11) is -3.86. The van der Waals surface area contributed by atoms with Crippen LogP contribution in [0.4, 0.5) is 15.6 Å². The second-order valence-electron chi connectivity index (χ2n) is 7.60. The standard InChI is InChI=1S/C21H21ClN6O4S2/c1-12-17(33-20(25-12)26-21(30)28-9-5-8-16(28)19(23)29)13-10-15(18(22)24-11-13)27-34(31,32)14-6-3-2-4-7-14/h2-4,6-7,10-11,16,27H,5,8-9H2,1H3,(H2,23,29)(H,25,26,30). The van der Waals surface area contributed by atoms with Crippen molar-refractivity contribution in [2.45, 2.75) is 30.7 Å². The van der Waals surface area contributed by atoms with Gasteiger partial charge in [-0.1, -0.05) is 41.1 Å². The summed E-state index contributed by atoms with van der Waals surface area (Å²) in [6.45, 7) is 2.19. The first kappa shape index (κ1) is 23.9. The Bertz CT molecular complexity index is 1350. The number of primary amides is 1. The predicted molar refractivity (Wildman–Crippen MR) is 130 cm³/mol. The van der Waals surface area contributed by atoms with Crippen LogP contribution in [0.25, 0.3) is 10.4 Å². The van der Waals surface area contributed by atoms with Gasteiger partial charge in [0.15, 0.2) is 10.3 Å². The Morgan fingerprint density at radius 2 is 2.00 bits per heavy atom. The Morgan fingerprint density at radius 1 is 1.26 bits per heavy atom. The molecule has 1 atom stereocenters. The molecule has 1 aliphatic rings. The average molecular weight is 521 g/mol. The minimum absolute atomic E-state index is 0.00882.